The van der Waals surface area contributed by atoms with Gasteiger partial charge in [0.1, 0.15) is 5.69 Å². The van der Waals surface area contributed by atoms with Gasteiger partial charge in [0.15, 0.2) is 0 Å². The third-order valence-electron chi connectivity index (χ3n) is 4.47. The van der Waals surface area contributed by atoms with Crippen molar-refractivity contribution < 1.29 is 16.0 Å². The lowest BCUT2D eigenvalue weighted by Gasteiger charge is -2.24. The van der Waals surface area contributed by atoms with Gasteiger partial charge in [-0.15, -0.1) is 0 Å². The topological polar surface area (TPSA) is 92.0 Å². The van der Waals surface area contributed by atoms with Gasteiger partial charge in [0.25, 0.3) is 0 Å². The minimum absolute atomic E-state index is 0.817. The van der Waals surface area contributed by atoms with Gasteiger partial charge < -0.3 is 16.4 Å². The van der Waals surface area contributed by atoms with E-state index in [1.807, 2.05) is 47.8 Å². The van der Waals surface area contributed by atoms with Gasteiger partial charge in [0.2, 0.25) is 0 Å². The number of rotatable bonds is 11. The molecule has 0 unspecified atom stereocenters. The number of azo groups is 1. The smallest absolute Gasteiger partial charge is 0.372 e. The number of unbranched alkanes of at least 4 members (excludes halogenated alkanes) is 2. The zero-order chi connectivity index (χ0) is 18.8. The Morgan fingerprint density at radius 1 is 0.962 bits per heavy atom. The zero-order valence-electron chi connectivity index (χ0n) is 16.3. The van der Waals surface area contributed by atoms with Crippen LogP contribution in [0.25, 0.3) is 0 Å². The Labute approximate surface area is 156 Å². The van der Waals surface area contributed by atoms with E-state index in [-0.39, 0.29) is 0 Å². The Morgan fingerprint density at radius 2 is 1.58 bits per heavy atom. The molecule has 2 aromatic rings. The third kappa shape index (κ3) is 5.93. The van der Waals surface area contributed by atoms with Gasteiger partial charge in [-0.05, 0) is 49.9 Å². The number of hydrogen-bond donors (Lipinski definition) is 2. The molecule has 7 heteroatoms. The highest BCUT2D eigenvalue weighted by Gasteiger charge is 2.11. The molecule has 0 fully saturated rings. The number of benzene rings is 1. The lowest BCUT2D eigenvalue weighted by molar-refractivity contribution is -0.657. The van der Waals surface area contributed by atoms with E-state index >= 15 is 0 Å². The summed E-state index contributed by atoms with van der Waals surface area (Å²) < 4.78 is 3.90. The van der Waals surface area contributed by atoms with Gasteiger partial charge in [0, 0.05) is 23.9 Å². The van der Waals surface area contributed by atoms with Crippen molar-refractivity contribution in [2.45, 2.75) is 25.7 Å². The lowest BCUT2D eigenvalue weighted by Crippen LogP contribution is -2.50. The molecule has 1 heterocycles. The van der Waals surface area contributed by atoms with Crippen LogP contribution >= 0.6 is 0 Å². The van der Waals surface area contributed by atoms with Crippen LogP contribution in [0.4, 0.5) is 17.3 Å². The maximum absolute atomic E-state index is 4.37. The van der Waals surface area contributed by atoms with Gasteiger partial charge in [-0.3, -0.25) is 0 Å². The summed E-state index contributed by atoms with van der Waals surface area (Å²) in [5.74, 6) is 0.817. The molecule has 0 atom stereocenters. The molecule has 0 radical (unpaired) electrons. The number of imidazole rings is 1. The Balaban J connectivity index is 2.03. The second kappa shape index (κ2) is 10.7. The monoisotopic (exact) mass is 360 g/mol. The van der Waals surface area contributed by atoms with Crippen LogP contribution in [0.3, 0.4) is 0 Å². The van der Waals surface area contributed by atoms with Gasteiger partial charge >= 0.3 is 5.95 Å². The van der Waals surface area contributed by atoms with Crippen LogP contribution in [0.1, 0.15) is 25.7 Å². The molecule has 0 aliphatic rings. The molecule has 26 heavy (non-hydrogen) atoms. The molecule has 0 bridgehead atoms. The molecular formula is C19H34N7+3. The van der Waals surface area contributed by atoms with Crippen LogP contribution in [-0.4, -0.2) is 30.7 Å². The number of quaternary nitrogens is 2. The van der Waals surface area contributed by atoms with Gasteiger partial charge in [0.05, 0.1) is 39.6 Å². The van der Waals surface area contributed by atoms with E-state index in [4.69, 9.17) is 0 Å². The summed E-state index contributed by atoms with van der Waals surface area (Å²) in [5.41, 5.74) is 10.0. The number of nitrogens with zero attached hydrogens (tertiary/aromatic N) is 5. The first-order chi connectivity index (χ1) is 12.7. The highest BCUT2D eigenvalue weighted by Crippen LogP contribution is 2.22. The molecule has 0 amide bonds. The van der Waals surface area contributed by atoms with Crippen molar-refractivity contribution in [3.05, 3.63) is 36.7 Å². The molecule has 2 rings (SSSR count). The number of anilines is 1. The fourth-order valence-corrected chi connectivity index (χ4v) is 2.88. The molecule has 1 aromatic carbocycles. The normalized spacial score (nSPS) is 11.4. The van der Waals surface area contributed by atoms with Crippen molar-refractivity contribution in [3.8, 4) is 0 Å². The molecule has 1 aromatic heterocycles. The van der Waals surface area contributed by atoms with Crippen LogP contribution in [0.5, 0.6) is 0 Å². The summed E-state index contributed by atoms with van der Waals surface area (Å²) in [6, 6.07) is 8.37. The minimum Gasteiger partial charge on any atom is -0.372 e. The van der Waals surface area contributed by atoms with Crippen molar-refractivity contribution in [1.82, 2.24) is 4.57 Å². The summed E-state index contributed by atoms with van der Waals surface area (Å²) >= 11 is 0. The predicted octanol–water partition coefficient (Wildman–Crippen LogP) is 1.12. The summed E-state index contributed by atoms with van der Waals surface area (Å²) in [6.45, 7) is 4.16. The summed E-state index contributed by atoms with van der Waals surface area (Å²) in [4.78, 5) is 2.46. The van der Waals surface area contributed by atoms with Crippen molar-refractivity contribution in [3.63, 3.8) is 0 Å². The predicted molar refractivity (Wildman–Crippen MR) is 103 cm³/mol. The van der Waals surface area contributed by atoms with E-state index in [0.717, 1.165) is 37.8 Å². The number of aromatic nitrogens is 2. The molecule has 0 spiro atoms. The standard InChI is InChI=1S/C19H32N7/c1-24-15-16-25(2)19(24)23-22-17-7-9-18(10-8-17)26(13-5-3-11-20)14-6-4-12-21/h7-10,15-16H,3-6,11-14,20-21H2,1-2H3/q+1/p+2. The summed E-state index contributed by atoms with van der Waals surface area (Å²) in [6.07, 6.45) is 8.64. The van der Waals surface area contributed by atoms with E-state index < -0.39 is 0 Å². The summed E-state index contributed by atoms with van der Waals surface area (Å²) in [7, 11) is 3.93. The molecule has 6 N–H and O–H groups in total. The Hall–Kier alpha value is -2.25. The highest BCUT2D eigenvalue weighted by atomic mass is 15.3. The average molecular weight is 361 g/mol. The van der Waals surface area contributed by atoms with Crippen LogP contribution in [-0.2, 0) is 14.1 Å². The molecule has 0 aliphatic carbocycles. The van der Waals surface area contributed by atoms with Gasteiger partial charge in [-0.1, -0.05) is 5.11 Å². The molecule has 142 valence electrons. The van der Waals surface area contributed by atoms with Crippen molar-refractivity contribution in [2.75, 3.05) is 31.1 Å². The first-order valence-corrected chi connectivity index (χ1v) is 9.52. The van der Waals surface area contributed by atoms with Crippen LogP contribution in [0.15, 0.2) is 46.9 Å². The maximum Gasteiger partial charge on any atom is 0.421 e. The zero-order valence-corrected chi connectivity index (χ0v) is 16.3. The van der Waals surface area contributed by atoms with E-state index in [1.165, 1.54) is 31.4 Å². The molecule has 0 saturated carbocycles. The lowest BCUT2D eigenvalue weighted by atomic mass is 10.2. The van der Waals surface area contributed by atoms with Crippen LogP contribution in [0, 0.1) is 0 Å². The van der Waals surface area contributed by atoms with E-state index in [1.54, 1.807) is 0 Å². The average Bonchev–Trinajstić information content (AvgIpc) is 2.97. The Bertz CT molecular complexity index is 646. The minimum atomic E-state index is 0.817. The second-order valence-electron chi connectivity index (χ2n) is 6.64. The van der Waals surface area contributed by atoms with E-state index in [9.17, 15) is 0 Å². The fraction of sp³-hybridized carbons (Fsp3) is 0.526. The summed E-state index contributed by atoms with van der Waals surface area (Å²) in [5, 5.41) is 8.72. The third-order valence-corrected chi connectivity index (χ3v) is 4.47. The molecule has 0 aliphatic heterocycles. The van der Waals surface area contributed by atoms with Crippen LogP contribution in [0.2, 0.25) is 0 Å². The fourth-order valence-electron chi connectivity index (χ4n) is 2.88. The number of aryl methyl sites for hydroxylation is 2. The molecular weight excluding hydrogens is 326 g/mol. The first-order valence-electron chi connectivity index (χ1n) is 9.52. The maximum atomic E-state index is 4.37. The number of hydrogen-bond acceptors (Lipinski definition) is 3. The van der Waals surface area contributed by atoms with Gasteiger partial charge in [-0.25, -0.2) is 9.13 Å². The van der Waals surface area contributed by atoms with Crippen molar-refractivity contribution in [1.29, 1.82) is 0 Å². The SMILES string of the molecule is Cn1cc[n+](C)c1N=Nc1ccc(N(CCCC[NH3+])CCCC[NH3+])cc1. The molecule has 7 nitrogen and oxygen atoms in total. The Morgan fingerprint density at radius 3 is 2.08 bits per heavy atom. The Kier molecular flexibility index (Phi) is 8.24. The van der Waals surface area contributed by atoms with Crippen molar-refractivity contribution in [2.24, 2.45) is 24.3 Å². The van der Waals surface area contributed by atoms with Crippen LogP contribution < -0.4 is 20.9 Å². The highest BCUT2D eigenvalue weighted by molar-refractivity contribution is 5.52. The van der Waals surface area contributed by atoms with E-state index in [0.29, 0.717) is 0 Å². The van der Waals surface area contributed by atoms with Gasteiger partial charge in [-0.2, -0.15) is 0 Å². The van der Waals surface area contributed by atoms with Crippen molar-refractivity contribution >= 4 is 17.3 Å². The molecule has 0 saturated heterocycles. The van der Waals surface area contributed by atoms with E-state index in [2.05, 4.69) is 38.7 Å². The largest absolute Gasteiger partial charge is 0.421 e. The second-order valence-corrected chi connectivity index (χ2v) is 6.64. The first kappa shape index (κ1) is 20.1. The quantitative estimate of drug-likeness (QED) is 0.351.